The quantitative estimate of drug-likeness (QED) is 0.834. The number of carbonyl (C=O) groups is 1. The summed E-state index contributed by atoms with van der Waals surface area (Å²) in [6.07, 6.45) is 0.892. The smallest absolute Gasteiger partial charge is 0.251 e. The molecule has 22 heavy (non-hydrogen) atoms. The number of carbonyl (C=O) groups excluding carboxylic acids is 1. The van der Waals surface area contributed by atoms with Crippen molar-refractivity contribution in [2.24, 2.45) is 5.92 Å². The van der Waals surface area contributed by atoms with Gasteiger partial charge < -0.3 is 10.4 Å². The molecule has 7 nitrogen and oxygen atoms in total. The zero-order valence-corrected chi connectivity index (χ0v) is 13.0. The fourth-order valence-electron chi connectivity index (χ4n) is 2.13. The minimum atomic E-state index is -0.237. The first-order valence-electron chi connectivity index (χ1n) is 7.34. The standard InChI is InChI=1S/C15H21N5O2/c1-4-10(2)14(9-21)16-15(22)12-5-7-13(8-6-12)20-11(3)17-18-19-20/h5-8,10,14,21H,4,9H2,1-3H3,(H,16,22)/t10-,14-/m0/s1. The Bertz CT molecular complexity index is 623. The number of aromatic nitrogens is 4. The molecule has 2 N–H and O–H groups in total. The predicted molar refractivity (Wildman–Crippen MR) is 81.7 cm³/mol. The Hall–Kier alpha value is -2.28. The summed E-state index contributed by atoms with van der Waals surface area (Å²) in [5.74, 6) is 0.700. The lowest BCUT2D eigenvalue weighted by molar-refractivity contribution is 0.0891. The van der Waals surface area contributed by atoms with Crippen LogP contribution in [0.15, 0.2) is 24.3 Å². The molecule has 1 aromatic heterocycles. The lowest BCUT2D eigenvalue weighted by atomic mass is 9.99. The SMILES string of the molecule is CC[C@H](C)[C@H](CO)NC(=O)c1ccc(-n2nnnc2C)cc1. The van der Waals surface area contributed by atoms with Gasteiger partial charge in [-0.2, -0.15) is 4.68 Å². The van der Waals surface area contributed by atoms with Crippen LogP contribution in [-0.2, 0) is 0 Å². The van der Waals surface area contributed by atoms with Gasteiger partial charge in [-0.25, -0.2) is 0 Å². The second kappa shape index (κ2) is 7.13. The maximum absolute atomic E-state index is 12.2. The Kier molecular flexibility index (Phi) is 5.21. The van der Waals surface area contributed by atoms with E-state index < -0.39 is 0 Å². The highest BCUT2D eigenvalue weighted by Crippen LogP contribution is 2.11. The summed E-state index contributed by atoms with van der Waals surface area (Å²) in [5.41, 5.74) is 1.33. The van der Waals surface area contributed by atoms with Gasteiger partial charge in [0.15, 0.2) is 5.82 Å². The van der Waals surface area contributed by atoms with Crippen molar-refractivity contribution in [1.29, 1.82) is 0 Å². The number of nitrogens with one attached hydrogen (secondary N) is 1. The van der Waals surface area contributed by atoms with Crippen LogP contribution in [0.2, 0.25) is 0 Å². The van der Waals surface area contributed by atoms with E-state index in [4.69, 9.17) is 0 Å². The number of aryl methyl sites for hydroxylation is 1. The third kappa shape index (κ3) is 3.48. The van der Waals surface area contributed by atoms with Gasteiger partial charge in [0.1, 0.15) is 0 Å². The van der Waals surface area contributed by atoms with Crippen molar-refractivity contribution in [3.8, 4) is 5.69 Å². The first-order valence-corrected chi connectivity index (χ1v) is 7.34. The van der Waals surface area contributed by atoms with E-state index in [1.54, 1.807) is 35.9 Å². The first-order chi connectivity index (χ1) is 10.6. The van der Waals surface area contributed by atoms with Crippen LogP contribution < -0.4 is 5.32 Å². The molecule has 2 atom stereocenters. The minimum Gasteiger partial charge on any atom is -0.394 e. The first kappa shape index (κ1) is 16.1. The second-order valence-electron chi connectivity index (χ2n) is 5.33. The molecule has 0 bridgehead atoms. The molecule has 0 saturated heterocycles. The van der Waals surface area contributed by atoms with Gasteiger partial charge in [0.2, 0.25) is 0 Å². The summed E-state index contributed by atoms with van der Waals surface area (Å²) < 4.78 is 1.59. The van der Waals surface area contributed by atoms with Gasteiger partial charge in [-0.05, 0) is 47.5 Å². The second-order valence-corrected chi connectivity index (χ2v) is 5.33. The van der Waals surface area contributed by atoms with Crippen molar-refractivity contribution >= 4 is 5.91 Å². The molecule has 118 valence electrons. The average Bonchev–Trinajstić information content (AvgIpc) is 2.97. The van der Waals surface area contributed by atoms with Gasteiger partial charge in [0.05, 0.1) is 18.3 Å². The van der Waals surface area contributed by atoms with Crippen molar-refractivity contribution < 1.29 is 9.90 Å². The molecule has 0 fully saturated rings. The highest BCUT2D eigenvalue weighted by Gasteiger charge is 2.18. The van der Waals surface area contributed by atoms with Crippen LogP contribution in [0.3, 0.4) is 0 Å². The number of amides is 1. The van der Waals surface area contributed by atoms with E-state index in [-0.39, 0.29) is 24.5 Å². The molecule has 1 aromatic carbocycles. The monoisotopic (exact) mass is 303 g/mol. The summed E-state index contributed by atoms with van der Waals surface area (Å²) in [6, 6.07) is 6.78. The minimum absolute atomic E-state index is 0.0668. The topological polar surface area (TPSA) is 92.9 Å². The molecule has 1 heterocycles. The normalized spacial score (nSPS) is 13.6. The van der Waals surface area contributed by atoms with Gasteiger partial charge in [-0.15, -0.1) is 5.10 Å². The lowest BCUT2D eigenvalue weighted by Gasteiger charge is -2.22. The molecule has 0 aliphatic carbocycles. The Morgan fingerprint density at radius 1 is 1.36 bits per heavy atom. The van der Waals surface area contributed by atoms with Crippen molar-refractivity contribution in [2.75, 3.05) is 6.61 Å². The number of aliphatic hydroxyl groups is 1. The summed E-state index contributed by atoms with van der Waals surface area (Å²) in [6.45, 7) is 5.77. The fraction of sp³-hybridized carbons (Fsp3) is 0.467. The van der Waals surface area contributed by atoms with Crippen LogP contribution in [-0.4, -0.2) is 43.9 Å². The Morgan fingerprint density at radius 2 is 2.05 bits per heavy atom. The van der Waals surface area contributed by atoms with Crippen molar-refractivity contribution in [1.82, 2.24) is 25.5 Å². The van der Waals surface area contributed by atoms with Crippen molar-refractivity contribution in [3.05, 3.63) is 35.7 Å². The van der Waals surface area contributed by atoms with Crippen molar-refractivity contribution in [3.63, 3.8) is 0 Å². The molecule has 0 aliphatic rings. The van der Waals surface area contributed by atoms with E-state index in [9.17, 15) is 9.90 Å². The Morgan fingerprint density at radius 3 is 2.55 bits per heavy atom. The van der Waals surface area contributed by atoms with Gasteiger partial charge in [-0.1, -0.05) is 20.3 Å². The van der Waals surface area contributed by atoms with Crippen LogP contribution in [0.1, 0.15) is 36.5 Å². The maximum atomic E-state index is 12.2. The molecule has 2 aromatic rings. The van der Waals surface area contributed by atoms with Crippen molar-refractivity contribution in [2.45, 2.75) is 33.2 Å². The molecule has 0 aliphatic heterocycles. The fourth-order valence-corrected chi connectivity index (χ4v) is 2.13. The molecule has 0 radical (unpaired) electrons. The van der Waals surface area contributed by atoms with E-state index in [0.717, 1.165) is 12.1 Å². The molecule has 0 saturated carbocycles. The van der Waals surface area contributed by atoms with Crippen LogP contribution in [0.5, 0.6) is 0 Å². The summed E-state index contributed by atoms with van der Waals surface area (Å²) >= 11 is 0. The zero-order valence-electron chi connectivity index (χ0n) is 13.0. The van der Waals surface area contributed by atoms with Crippen LogP contribution in [0, 0.1) is 12.8 Å². The zero-order chi connectivity index (χ0) is 16.1. The Balaban J connectivity index is 2.10. The summed E-state index contributed by atoms with van der Waals surface area (Å²) in [7, 11) is 0. The largest absolute Gasteiger partial charge is 0.394 e. The van der Waals surface area contributed by atoms with E-state index >= 15 is 0 Å². The van der Waals surface area contributed by atoms with E-state index in [1.165, 1.54) is 0 Å². The number of nitrogens with zero attached hydrogens (tertiary/aromatic N) is 4. The molecular weight excluding hydrogens is 282 g/mol. The van der Waals surface area contributed by atoms with Crippen LogP contribution >= 0.6 is 0 Å². The number of aliphatic hydroxyl groups excluding tert-OH is 1. The van der Waals surface area contributed by atoms with E-state index in [2.05, 4.69) is 20.8 Å². The molecular formula is C15H21N5O2. The summed E-state index contributed by atoms with van der Waals surface area (Å²) in [5, 5.41) is 23.5. The van der Waals surface area contributed by atoms with E-state index in [1.807, 2.05) is 13.8 Å². The molecule has 2 rings (SSSR count). The Labute approximate surface area is 129 Å². The van der Waals surface area contributed by atoms with Crippen LogP contribution in [0.4, 0.5) is 0 Å². The molecule has 0 spiro atoms. The lowest BCUT2D eigenvalue weighted by Crippen LogP contribution is -2.41. The maximum Gasteiger partial charge on any atom is 0.251 e. The van der Waals surface area contributed by atoms with Gasteiger partial charge >= 0.3 is 0 Å². The van der Waals surface area contributed by atoms with Gasteiger partial charge in [0, 0.05) is 5.56 Å². The average molecular weight is 303 g/mol. The number of rotatable bonds is 6. The number of tetrazole rings is 1. The number of hydrogen-bond acceptors (Lipinski definition) is 5. The highest BCUT2D eigenvalue weighted by atomic mass is 16.3. The predicted octanol–water partition coefficient (Wildman–Crippen LogP) is 1.11. The van der Waals surface area contributed by atoms with Crippen LogP contribution in [0.25, 0.3) is 5.69 Å². The highest BCUT2D eigenvalue weighted by molar-refractivity contribution is 5.94. The third-order valence-corrected chi connectivity index (χ3v) is 3.84. The van der Waals surface area contributed by atoms with Gasteiger partial charge in [0.25, 0.3) is 5.91 Å². The molecule has 0 unspecified atom stereocenters. The molecule has 1 amide bonds. The third-order valence-electron chi connectivity index (χ3n) is 3.84. The number of hydrogen-bond donors (Lipinski definition) is 2. The van der Waals surface area contributed by atoms with E-state index in [0.29, 0.717) is 11.4 Å². The molecule has 7 heteroatoms. The summed E-state index contributed by atoms with van der Waals surface area (Å²) in [4.78, 5) is 12.2. The van der Waals surface area contributed by atoms with Gasteiger partial charge in [-0.3, -0.25) is 4.79 Å². The number of benzene rings is 1.